The highest BCUT2D eigenvalue weighted by molar-refractivity contribution is 6.15. The molecule has 0 bridgehead atoms. The molecule has 0 aliphatic heterocycles. The quantitative estimate of drug-likeness (QED) is 0.215. The highest BCUT2D eigenvalue weighted by Crippen LogP contribution is 2.22. The summed E-state index contributed by atoms with van der Waals surface area (Å²) in [4.78, 5) is 20.4. The lowest BCUT2D eigenvalue weighted by molar-refractivity contribution is -0.130. The molecule has 0 unspecified atom stereocenters. The van der Waals surface area contributed by atoms with Gasteiger partial charge < -0.3 is 14.6 Å². The summed E-state index contributed by atoms with van der Waals surface area (Å²) in [5.41, 5.74) is 1.87. The Morgan fingerprint density at radius 1 is 0.879 bits per heavy atom. The van der Waals surface area contributed by atoms with Gasteiger partial charge in [0.25, 0.3) is 0 Å². The van der Waals surface area contributed by atoms with Crippen molar-refractivity contribution in [1.82, 2.24) is 9.97 Å². The fourth-order valence-electron chi connectivity index (χ4n) is 3.36. The highest BCUT2D eigenvalue weighted by Gasteiger charge is 2.11. The molecule has 0 aliphatic rings. The number of hydrogen-bond acceptors (Lipinski definition) is 5. The van der Waals surface area contributed by atoms with Gasteiger partial charge in [-0.2, -0.15) is 0 Å². The van der Waals surface area contributed by atoms with Crippen molar-refractivity contribution < 1.29 is 19.4 Å². The zero-order valence-electron chi connectivity index (χ0n) is 20.1. The molecule has 0 amide bonds. The summed E-state index contributed by atoms with van der Waals surface area (Å²) < 4.78 is 11.3. The number of hydrogen-bond donors (Lipinski definition) is 1. The number of carboxylic acid groups (broad SMARTS) is 1. The van der Waals surface area contributed by atoms with Gasteiger partial charge in [-0.15, -0.1) is 0 Å². The van der Waals surface area contributed by atoms with E-state index in [2.05, 4.69) is 23.8 Å². The summed E-state index contributed by atoms with van der Waals surface area (Å²) in [7, 11) is 0. The molecule has 1 aromatic carbocycles. The first kappa shape index (κ1) is 26.5. The summed E-state index contributed by atoms with van der Waals surface area (Å²) in [6.45, 7) is 6.55. The van der Waals surface area contributed by atoms with Crippen LogP contribution in [-0.2, 0) is 9.53 Å². The van der Waals surface area contributed by atoms with Gasteiger partial charge in [-0.3, -0.25) is 0 Å². The molecular weight excluding hydrogens is 416 g/mol. The number of rotatable bonds is 17. The zero-order valence-corrected chi connectivity index (χ0v) is 20.1. The molecule has 0 aliphatic carbocycles. The maximum Gasteiger partial charge on any atom is 0.335 e. The van der Waals surface area contributed by atoms with Crippen LogP contribution in [0.2, 0.25) is 0 Å². The average molecular weight is 455 g/mol. The van der Waals surface area contributed by atoms with Crippen molar-refractivity contribution in [2.75, 3.05) is 19.8 Å². The topological polar surface area (TPSA) is 81.5 Å². The van der Waals surface area contributed by atoms with Crippen LogP contribution in [0.4, 0.5) is 0 Å². The smallest absolute Gasteiger partial charge is 0.335 e. The van der Waals surface area contributed by atoms with Crippen LogP contribution >= 0.6 is 0 Å². The second-order valence-corrected chi connectivity index (χ2v) is 8.11. The number of aliphatic carboxylic acids is 1. The Hall–Kier alpha value is -2.73. The number of unbranched alkanes of at least 4 members (excludes halogenated alkanes) is 6. The van der Waals surface area contributed by atoms with Crippen molar-refractivity contribution in [3.05, 3.63) is 48.3 Å². The van der Waals surface area contributed by atoms with Crippen molar-refractivity contribution in [3.8, 4) is 17.1 Å². The molecule has 2 rings (SSSR count). The van der Waals surface area contributed by atoms with E-state index in [1.165, 1.54) is 12.8 Å². The Morgan fingerprint density at radius 3 is 2.12 bits per heavy atom. The van der Waals surface area contributed by atoms with E-state index in [0.717, 1.165) is 63.7 Å². The highest BCUT2D eigenvalue weighted by atomic mass is 16.5. The molecule has 0 saturated carbocycles. The normalized spacial score (nSPS) is 11.5. The first-order valence-corrected chi connectivity index (χ1v) is 12.2. The first-order chi connectivity index (χ1) is 16.2. The number of allylic oxidation sites excluding steroid dienone is 1. The third-order valence-electron chi connectivity index (χ3n) is 5.31. The summed E-state index contributed by atoms with van der Waals surface area (Å²) in [5, 5.41) is 9.55. The fourth-order valence-corrected chi connectivity index (χ4v) is 3.36. The number of carboxylic acids is 1. The van der Waals surface area contributed by atoms with E-state index in [1.807, 2.05) is 30.3 Å². The Balaban J connectivity index is 1.81. The lowest BCUT2D eigenvalue weighted by atomic mass is 10.0. The maximum absolute atomic E-state index is 11.6. The third-order valence-corrected chi connectivity index (χ3v) is 5.31. The number of benzene rings is 1. The maximum atomic E-state index is 11.6. The van der Waals surface area contributed by atoms with E-state index < -0.39 is 5.97 Å². The lowest BCUT2D eigenvalue weighted by Gasteiger charge is -2.08. The van der Waals surface area contributed by atoms with Gasteiger partial charge in [-0.25, -0.2) is 14.8 Å². The van der Waals surface area contributed by atoms with Gasteiger partial charge in [0.15, 0.2) is 11.6 Å². The zero-order chi connectivity index (χ0) is 23.7. The molecule has 6 nitrogen and oxygen atoms in total. The monoisotopic (exact) mass is 454 g/mol. The minimum atomic E-state index is -0.903. The van der Waals surface area contributed by atoms with Crippen molar-refractivity contribution in [1.29, 1.82) is 0 Å². The molecule has 2 aromatic rings. The molecule has 1 aromatic heterocycles. The van der Waals surface area contributed by atoms with Crippen molar-refractivity contribution in [2.45, 2.75) is 71.6 Å². The van der Waals surface area contributed by atoms with Crippen LogP contribution in [0.25, 0.3) is 17.0 Å². The average Bonchev–Trinajstić information content (AvgIpc) is 2.83. The number of ether oxygens (including phenoxy) is 2. The molecule has 1 N–H and O–H groups in total. The van der Waals surface area contributed by atoms with E-state index in [1.54, 1.807) is 12.4 Å². The number of aromatic nitrogens is 2. The Labute approximate surface area is 198 Å². The second-order valence-electron chi connectivity index (χ2n) is 8.11. The van der Waals surface area contributed by atoms with E-state index in [-0.39, 0.29) is 0 Å². The van der Waals surface area contributed by atoms with Crippen LogP contribution in [0.5, 0.6) is 5.75 Å². The van der Waals surface area contributed by atoms with Crippen LogP contribution in [0.1, 0.15) is 77.2 Å². The number of carbonyl (C=O) groups is 1. The Kier molecular flexibility index (Phi) is 12.8. The number of nitrogens with zero attached hydrogens (tertiary/aromatic N) is 2. The van der Waals surface area contributed by atoms with E-state index in [9.17, 15) is 9.90 Å². The van der Waals surface area contributed by atoms with Crippen molar-refractivity contribution in [3.63, 3.8) is 0 Å². The van der Waals surface area contributed by atoms with Crippen LogP contribution in [0.3, 0.4) is 0 Å². The van der Waals surface area contributed by atoms with Crippen LogP contribution in [-0.4, -0.2) is 40.9 Å². The molecule has 33 heavy (non-hydrogen) atoms. The molecule has 0 spiro atoms. The predicted octanol–water partition coefficient (Wildman–Crippen LogP) is 6.56. The molecule has 6 heteroatoms. The van der Waals surface area contributed by atoms with E-state index in [4.69, 9.17) is 9.47 Å². The van der Waals surface area contributed by atoms with Gasteiger partial charge in [0, 0.05) is 18.8 Å². The molecule has 1 heterocycles. The Bertz CT molecular complexity index is 832. The lowest BCUT2D eigenvalue weighted by Crippen LogP contribution is -2.02. The molecular formula is C27H38N2O4. The van der Waals surface area contributed by atoms with Crippen LogP contribution in [0.15, 0.2) is 42.7 Å². The van der Waals surface area contributed by atoms with Crippen LogP contribution in [0, 0.1) is 0 Å². The largest absolute Gasteiger partial charge is 0.490 e. The van der Waals surface area contributed by atoms with Gasteiger partial charge in [-0.05, 0) is 37.7 Å². The molecule has 0 atom stereocenters. The summed E-state index contributed by atoms with van der Waals surface area (Å²) in [6.07, 6.45) is 14.6. The van der Waals surface area contributed by atoms with Gasteiger partial charge >= 0.3 is 5.97 Å². The molecule has 0 saturated heterocycles. The summed E-state index contributed by atoms with van der Waals surface area (Å²) >= 11 is 0. The fraction of sp³-hybridized carbons (Fsp3) is 0.519. The van der Waals surface area contributed by atoms with Crippen LogP contribution < -0.4 is 4.74 Å². The van der Waals surface area contributed by atoms with Crippen molar-refractivity contribution in [2.24, 2.45) is 0 Å². The standard InChI is InChI=1S/C27H38N2O4/c1-3-5-7-8-12-25(27(30)31)22-13-15-23(16-14-22)26-28-20-24(21-29-26)33-19-11-10-18-32-17-9-6-4-2/h12-16,20-21H,3-11,17-19H2,1-2H3,(H,30,31). The van der Waals surface area contributed by atoms with Gasteiger partial charge in [0.1, 0.15) is 0 Å². The second kappa shape index (κ2) is 16.0. The van der Waals surface area contributed by atoms with Crippen molar-refractivity contribution >= 4 is 11.5 Å². The van der Waals surface area contributed by atoms with Gasteiger partial charge in [0.05, 0.1) is 24.6 Å². The molecule has 180 valence electrons. The molecule has 0 radical (unpaired) electrons. The Morgan fingerprint density at radius 2 is 1.48 bits per heavy atom. The van der Waals surface area contributed by atoms with Gasteiger partial charge in [-0.1, -0.05) is 69.9 Å². The minimum absolute atomic E-state index is 0.341. The first-order valence-electron chi connectivity index (χ1n) is 12.2. The van der Waals surface area contributed by atoms with E-state index in [0.29, 0.717) is 29.3 Å². The minimum Gasteiger partial charge on any atom is -0.490 e. The SMILES string of the molecule is CCCCCC=C(C(=O)O)c1ccc(-c2ncc(OCCCCOCCCCC)cn2)cc1. The predicted molar refractivity (Wildman–Crippen MR) is 132 cm³/mol. The summed E-state index contributed by atoms with van der Waals surface area (Å²) in [6, 6.07) is 7.34. The third kappa shape index (κ3) is 10.2. The van der Waals surface area contributed by atoms with E-state index >= 15 is 0 Å². The summed E-state index contributed by atoms with van der Waals surface area (Å²) in [5.74, 6) is 0.320. The van der Waals surface area contributed by atoms with Gasteiger partial charge in [0.2, 0.25) is 0 Å². The molecule has 0 fully saturated rings.